The summed E-state index contributed by atoms with van der Waals surface area (Å²) < 4.78 is 89.4. The number of furan rings is 1. The van der Waals surface area contributed by atoms with E-state index in [1.54, 1.807) is 0 Å². The van der Waals surface area contributed by atoms with Gasteiger partial charge in [-0.2, -0.15) is 26.3 Å². The molecule has 0 atom stereocenters. The lowest BCUT2D eigenvalue weighted by molar-refractivity contribution is -0.388. The maximum absolute atomic E-state index is 13.2. The summed E-state index contributed by atoms with van der Waals surface area (Å²) in [6.45, 7) is -0.0874. The van der Waals surface area contributed by atoms with Gasteiger partial charge in [-0.3, -0.25) is 19.7 Å². The molecule has 3 N–H and O–H groups in total. The van der Waals surface area contributed by atoms with Crippen molar-refractivity contribution in [3.05, 3.63) is 69.5 Å². The molecule has 1 fully saturated rings. The monoisotopic (exact) mass is 616 g/mol. The second kappa shape index (κ2) is 12.9. The van der Waals surface area contributed by atoms with Crippen LogP contribution in [0.5, 0.6) is 0 Å². The third kappa shape index (κ3) is 8.37. The van der Waals surface area contributed by atoms with Crippen LogP contribution in [0.1, 0.15) is 42.6 Å². The van der Waals surface area contributed by atoms with Gasteiger partial charge in [0.2, 0.25) is 0 Å². The van der Waals surface area contributed by atoms with Crippen molar-refractivity contribution in [2.45, 2.75) is 56.7 Å². The Balaban J connectivity index is 1.14. The van der Waals surface area contributed by atoms with Crippen molar-refractivity contribution in [1.29, 1.82) is 0 Å². The van der Waals surface area contributed by atoms with Crippen molar-refractivity contribution in [2.75, 3.05) is 18.5 Å². The fourth-order valence-electron chi connectivity index (χ4n) is 4.70. The van der Waals surface area contributed by atoms with E-state index in [0.29, 0.717) is 25.7 Å². The lowest BCUT2D eigenvalue weighted by Crippen LogP contribution is -2.41. The molecule has 1 saturated carbocycles. The number of nitro benzene ring substituents is 1. The number of ether oxygens (including phenoxy) is 1. The largest absolute Gasteiger partial charge is 0.459 e. The number of fused-ring (bicyclic) bond motifs is 1. The van der Waals surface area contributed by atoms with E-state index in [2.05, 4.69) is 16.0 Å². The van der Waals surface area contributed by atoms with Gasteiger partial charge in [-0.15, -0.1) is 0 Å². The highest BCUT2D eigenvalue weighted by Crippen LogP contribution is 2.38. The summed E-state index contributed by atoms with van der Waals surface area (Å²) in [6.07, 6.45) is -7.27. The first-order valence-electron chi connectivity index (χ1n) is 13.1. The van der Waals surface area contributed by atoms with Gasteiger partial charge in [0, 0.05) is 29.7 Å². The average molecular weight is 617 g/mol. The molecule has 3 aromatic rings. The molecule has 16 heteroatoms. The van der Waals surface area contributed by atoms with Crippen LogP contribution in [-0.4, -0.2) is 42.0 Å². The van der Waals surface area contributed by atoms with E-state index < -0.39 is 45.9 Å². The first-order valence-corrected chi connectivity index (χ1v) is 13.1. The maximum atomic E-state index is 13.2. The second-order valence-corrected chi connectivity index (χ2v) is 9.88. The van der Waals surface area contributed by atoms with Crippen LogP contribution < -0.4 is 16.0 Å². The number of halogens is 6. The lowest BCUT2D eigenvalue weighted by Gasteiger charge is -2.30. The van der Waals surface area contributed by atoms with Crippen molar-refractivity contribution >= 4 is 34.2 Å². The van der Waals surface area contributed by atoms with Gasteiger partial charge in [-0.05, 0) is 62.1 Å². The first-order chi connectivity index (χ1) is 20.2. The number of carbonyl (C=O) groups is 2. The van der Waals surface area contributed by atoms with E-state index in [1.165, 1.54) is 18.2 Å². The topological polar surface area (TPSA) is 136 Å². The summed E-state index contributed by atoms with van der Waals surface area (Å²) >= 11 is 0. The number of nitro groups is 1. The molecule has 1 aromatic heterocycles. The van der Waals surface area contributed by atoms with Crippen molar-refractivity contribution in [3.8, 4) is 0 Å². The van der Waals surface area contributed by atoms with Gasteiger partial charge >= 0.3 is 24.2 Å². The molecule has 0 aliphatic heterocycles. The molecule has 43 heavy (non-hydrogen) atoms. The molecule has 2 aromatic carbocycles. The molecule has 0 unspecified atom stereocenters. The predicted molar refractivity (Wildman–Crippen MR) is 140 cm³/mol. The summed E-state index contributed by atoms with van der Waals surface area (Å²) in [5.74, 6) is -1.74. The van der Waals surface area contributed by atoms with Crippen LogP contribution in [0.15, 0.2) is 46.9 Å². The highest BCUT2D eigenvalue weighted by molar-refractivity contribution is 6.35. The minimum absolute atomic E-state index is 0.0261. The van der Waals surface area contributed by atoms with Gasteiger partial charge in [-0.1, -0.05) is 0 Å². The van der Waals surface area contributed by atoms with E-state index >= 15 is 0 Å². The Labute approximate surface area is 239 Å². The quantitative estimate of drug-likeness (QED) is 0.0943. The normalized spacial score (nSPS) is 17.4. The first kappa shape index (κ1) is 31.6. The summed E-state index contributed by atoms with van der Waals surface area (Å²) in [5.41, 5.74) is -2.86. The molecular formula is C27H26F6N4O6. The van der Waals surface area contributed by atoms with Gasteiger partial charge in [0.15, 0.2) is 0 Å². The Morgan fingerprint density at radius 3 is 2.28 bits per heavy atom. The zero-order valence-electron chi connectivity index (χ0n) is 22.3. The third-order valence-electron chi connectivity index (χ3n) is 6.81. The number of amides is 2. The Morgan fingerprint density at radius 2 is 1.63 bits per heavy atom. The summed E-state index contributed by atoms with van der Waals surface area (Å²) in [4.78, 5) is 34.0. The number of nitrogens with one attached hydrogen (secondary N) is 3. The fourth-order valence-corrected chi connectivity index (χ4v) is 4.70. The maximum Gasteiger partial charge on any atom is 0.423 e. The number of hydrogen-bond acceptors (Lipinski definition) is 7. The van der Waals surface area contributed by atoms with Crippen molar-refractivity contribution in [2.24, 2.45) is 0 Å². The molecule has 0 saturated heterocycles. The van der Waals surface area contributed by atoms with E-state index in [-0.39, 0.29) is 54.3 Å². The van der Waals surface area contributed by atoms with Crippen LogP contribution in [-0.2, 0) is 33.2 Å². The standard InChI is InChI=1S/C27H26F6N4O6/c28-26(29,30)16-1-8-23-15(11-16)12-20(43-23)14-35-25(39)24(38)34-9-10-42-19-5-2-17(3-6-19)36-18-4-7-22(37(40)41)21(13-18)27(31,32)33/h1,4,7-8,11-13,17,19,36H,2-3,5-6,9-10,14H2,(H,34,38)(H,35,39)/t17-,19-. The van der Waals surface area contributed by atoms with E-state index in [0.717, 1.165) is 24.3 Å². The molecule has 0 radical (unpaired) electrons. The van der Waals surface area contributed by atoms with Crippen LogP contribution >= 0.6 is 0 Å². The molecule has 1 aliphatic carbocycles. The highest BCUT2D eigenvalue weighted by Gasteiger charge is 2.38. The number of carbonyl (C=O) groups excluding carboxylic acids is 2. The molecule has 232 valence electrons. The average Bonchev–Trinajstić information content (AvgIpc) is 3.36. The number of hydrogen-bond donors (Lipinski definition) is 3. The zero-order valence-corrected chi connectivity index (χ0v) is 22.3. The van der Waals surface area contributed by atoms with Gasteiger partial charge in [0.1, 0.15) is 16.9 Å². The van der Waals surface area contributed by atoms with Crippen molar-refractivity contribution in [1.82, 2.24) is 10.6 Å². The Kier molecular flexibility index (Phi) is 9.47. The smallest absolute Gasteiger partial charge is 0.423 e. The predicted octanol–water partition coefficient (Wildman–Crippen LogP) is 5.55. The zero-order chi connectivity index (χ0) is 31.4. The van der Waals surface area contributed by atoms with Gasteiger partial charge < -0.3 is 25.1 Å². The summed E-state index contributed by atoms with van der Waals surface area (Å²) in [6, 6.07) is 6.93. The van der Waals surface area contributed by atoms with Crippen molar-refractivity contribution < 1.29 is 50.0 Å². The number of benzene rings is 2. The summed E-state index contributed by atoms with van der Waals surface area (Å²) in [5, 5.41) is 18.8. The van der Waals surface area contributed by atoms with E-state index in [1.807, 2.05) is 0 Å². The highest BCUT2D eigenvalue weighted by atomic mass is 19.4. The molecule has 1 heterocycles. The molecular weight excluding hydrogens is 590 g/mol. The number of rotatable bonds is 9. The minimum atomic E-state index is -4.87. The molecule has 4 rings (SSSR count). The summed E-state index contributed by atoms with van der Waals surface area (Å²) in [7, 11) is 0. The minimum Gasteiger partial charge on any atom is -0.459 e. The van der Waals surface area contributed by atoms with Crippen LogP contribution in [0.3, 0.4) is 0 Å². The van der Waals surface area contributed by atoms with Crippen LogP contribution in [0.2, 0.25) is 0 Å². The molecule has 2 amide bonds. The third-order valence-corrected chi connectivity index (χ3v) is 6.81. The Hall–Kier alpha value is -4.34. The number of alkyl halides is 6. The SMILES string of the molecule is O=C(NCCO[C@H]1CC[C@H](Nc2ccc([N+](=O)[O-])c(C(F)(F)F)c2)CC1)C(=O)NCc1cc2cc(C(F)(F)F)ccc2o1. The molecule has 10 nitrogen and oxygen atoms in total. The molecule has 0 spiro atoms. The Morgan fingerprint density at radius 1 is 0.930 bits per heavy atom. The van der Waals surface area contributed by atoms with Gasteiger partial charge in [-0.25, -0.2) is 0 Å². The second-order valence-electron chi connectivity index (χ2n) is 9.88. The number of anilines is 1. The number of nitrogens with zero attached hydrogens (tertiary/aromatic N) is 1. The van der Waals surface area contributed by atoms with E-state index in [4.69, 9.17) is 9.15 Å². The van der Waals surface area contributed by atoms with Gasteiger partial charge in [0.05, 0.1) is 29.7 Å². The van der Waals surface area contributed by atoms with Crippen LogP contribution in [0.4, 0.5) is 37.7 Å². The van der Waals surface area contributed by atoms with Gasteiger partial charge in [0.25, 0.3) is 5.69 Å². The lowest BCUT2D eigenvalue weighted by atomic mass is 9.92. The molecule has 0 bridgehead atoms. The van der Waals surface area contributed by atoms with E-state index in [9.17, 15) is 46.0 Å². The molecule has 1 aliphatic rings. The van der Waals surface area contributed by atoms with Crippen molar-refractivity contribution in [3.63, 3.8) is 0 Å². The Bertz CT molecular complexity index is 1480. The fraction of sp³-hybridized carbons (Fsp3) is 0.407. The van der Waals surface area contributed by atoms with Crippen LogP contribution in [0, 0.1) is 10.1 Å². The van der Waals surface area contributed by atoms with Crippen LogP contribution in [0.25, 0.3) is 11.0 Å².